The Balaban J connectivity index is 1.24. The van der Waals surface area contributed by atoms with Gasteiger partial charge < -0.3 is 25.3 Å². The molecule has 0 spiro atoms. The monoisotopic (exact) mass is 508 g/mol. The van der Waals surface area contributed by atoms with Gasteiger partial charge >= 0.3 is 0 Å². The van der Waals surface area contributed by atoms with Crippen LogP contribution in [0.1, 0.15) is 28.9 Å². The van der Waals surface area contributed by atoms with E-state index in [4.69, 9.17) is 16.3 Å². The van der Waals surface area contributed by atoms with Gasteiger partial charge in [0.05, 0.1) is 16.7 Å². The summed E-state index contributed by atoms with van der Waals surface area (Å²) in [6, 6.07) is 13.2. The number of rotatable bonds is 9. The van der Waals surface area contributed by atoms with Crippen LogP contribution in [0.15, 0.2) is 54.7 Å². The van der Waals surface area contributed by atoms with Crippen molar-refractivity contribution >= 4 is 39.9 Å². The summed E-state index contributed by atoms with van der Waals surface area (Å²) in [5, 5.41) is 15.6. The maximum Gasteiger partial charge on any atom is 0.267 e. The summed E-state index contributed by atoms with van der Waals surface area (Å²) in [5.74, 6) is 0.458. The van der Waals surface area contributed by atoms with E-state index < -0.39 is 0 Å². The van der Waals surface area contributed by atoms with Gasteiger partial charge in [-0.25, -0.2) is 4.39 Å². The molecule has 2 aromatic carbocycles. The zero-order valence-electron chi connectivity index (χ0n) is 19.6. The lowest BCUT2D eigenvalue weighted by Crippen LogP contribution is -2.33. The first-order valence-corrected chi connectivity index (χ1v) is 12.2. The maximum atomic E-state index is 13.4. The number of likely N-dealkylation sites (tertiary alicyclic amines) is 1. The summed E-state index contributed by atoms with van der Waals surface area (Å²) in [7, 11) is 0. The van der Waals surface area contributed by atoms with Crippen molar-refractivity contribution in [2.45, 2.75) is 19.4 Å². The number of amides is 1. The van der Waals surface area contributed by atoms with Crippen molar-refractivity contribution in [2.24, 2.45) is 0 Å². The highest BCUT2D eigenvalue weighted by molar-refractivity contribution is 6.32. The number of hydrogen-bond donors (Lipinski definition) is 3. The highest BCUT2D eigenvalue weighted by Crippen LogP contribution is 2.31. The van der Waals surface area contributed by atoms with Crippen LogP contribution >= 0.6 is 11.6 Å². The first kappa shape index (κ1) is 24.0. The van der Waals surface area contributed by atoms with Crippen LogP contribution in [0.25, 0.3) is 10.9 Å². The quantitative estimate of drug-likeness (QED) is 0.298. The van der Waals surface area contributed by atoms with Gasteiger partial charge in [-0.05, 0) is 67.9 Å². The number of halogens is 2. The van der Waals surface area contributed by atoms with Gasteiger partial charge in [-0.2, -0.15) is 5.10 Å². The van der Waals surface area contributed by atoms with E-state index in [-0.39, 0.29) is 18.3 Å². The van der Waals surface area contributed by atoms with E-state index in [9.17, 15) is 9.18 Å². The van der Waals surface area contributed by atoms with Crippen LogP contribution < -0.4 is 15.4 Å². The first-order chi connectivity index (χ1) is 17.5. The molecule has 0 bridgehead atoms. The molecule has 2 aromatic heterocycles. The highest BCUT2D eigenvalue weighted by Gasteiger charge is 2.15. The van der Waals surface area contributed by atoms with Gasteiger partial charge in [0.1, 0.15) is 23.9 Å². The molecule has 0 unspecified atom stereocenters. The number of anilines is 2. The van der Waals surface area contributed by atoms with E-state index in [2.05, 4.69) is 30.7 Å². The van der Waals surface area contributed by atoms with Crippen molar-refractivity contribution in [2.75, 3.05) is 31.5 Å². The Labute approximate surface area is 212 Å². The Bertz CT molecular complexity index is 1370. The lowest BCUT2D eigenvalue weighted by Gasteiger charge is -2.14. The van der Waals surface area contributed by atoms with Gasteiger partial charge in [0, 0.05) is 24.2 Å². The van der Waals surface area contributed by atoms with Crippen LogP contribution in [0.2, 0.25) is 5.02 Å². The molecule has 1 aliphatic rings. The molecule has 186 valence electrons. The summed E-state index contributed by atoms with van der Waals surface area (Å²) in [4.78, 5) is 18.2. The summed E-state index contributed by atoms with van der Waals surface area (Å²) in [6.45, 7) is 3.84. The van der Waals surface area contributed by atoms with Crippen molar-refractivity contribution < 1.29 is 13.9 Å². The van der Waals surface area contributed by atoms with Crippen LogP contribution in [0.4, 0.5) is 15.9 Å². The third kappa shape index (κ3) is 5.75. The van der Waals surface area contributed by atoms with Gasteiger partial charge in [-0.3, -0.25) is 4.79 Å². The number of hydrogen-bond acceptors (Lipinski definition) is 6. The number of fused-ring (bicyclic) bond motifs is 1. The lowest BCUT2D eigenvalue weighted by molar-refractivity contribution is 0.0945. The molecule has 1 saturated heterocycles. The molecular weight excluding hydrogens is 483 g/mol. The topological polar surface area (TPSA) is 95.2 Å². The van der Waals surface area contributed by atoms with E-state index in [0.29, 0.717) is 45.6 Å². The molecule has 0 saturated carbocycles. The van der Waals surface area contributed by atoms with Crippen LogP contribution in [0.3, 0.4) is 0 Å². The molecule has 0 radical (unpaired) electrons. The molecule has 8 nitrogen and oxygen atoms in total. The Hall–Kier alpha value is -3.69. The summed E-state index contributed by atoms with van der Waals surface area (Å²) >= 11 is 6.41. The predicted molar refractivity (Wildman–Crippen MR) is 137 cm³/mol. The first-order valence-electron chi connectivity index (χ1n) is 11.8. The largest absolute Gasteiger partial charge is 0.487 e. The number of nitrogens with one attached hydrogen (secondary N) is 3. The molecule has 10 heteroatoms. The Morgan fingerprint density at radius 3 is 2.83 bits per heavy atom. The fraction of sp³-hybridized carbons (Fsp3) is 0.269. The SMILES string of the molecule is O=C(NCCN1CCCC1)c1cc2cnnc(Nc3ccc(OCc4cccc(F)c4)c(Cl)c3)c2[nH]1. The van der Waals surface area contributed by atoms with Crippen molar-refractivity contribution in [3.8, 4) is 5.75 Å². The van der Waals surface area contributed by atoms with Gasteiger partial charge in [0.2, 0.25) is 0 Å². The molecule has 4 aromatic rings. The molecule has 1 amide bonds. The van der Waals surface area contributed by atoms with Crippen molar-refractivity contribution in [3.05, 3.63) is 76.8 Å². The second-order valence-corrected chi connectivity index (χ2v) is 9.11. The average molecular weight is 509 g/mol. The second kappa shape index (κ2) is 10.9. The third-order valence-corrected chi connectivity index (χ3v) is 6.37. The van der Waals surface area contributed by atoms with E-state index in [1.165, 1.54) is 25.0 Å². The number of benzene rings is 2. The molecule has 3 N–H and O–H groups in total. The number of nitrogens with zero attached hydrogens (tertiary/aromatic N) is 3. The normalized spacial score (nSPS) is 13.7. The number of carbonyl (C=O) groups excluding carboxylic acids is 1. The zero-order valence-corrected chi connectivity index (χ0v) is 20.3. The van der Waals surface area contributed by atoms with E-state index in [1.54, 1.807) is 42.6 Å². The van der Waals surface area contributed by atoms with Crippen molar-refractivity contribution in [1.82, 2.24) is 25.4 Å². The van der Waals surface area contributed by atoms with E-state index in [1.807, 2.05) is 0 Å². The minimum Gasteiger partial charge on any atom is -0.487 e. The maximum absolute atomic E-state index is 13.4. The van der Waals surface area contributed by atoms with Crippen LogP contribution in [0.5, 0.6) is 5.75 Å². The molecular formula is C26H26ClFN6O2. The zero-order chi connectivity index (χ0) is 24.9. The van der Waals surface area contributed by atoms with Crippen LogP contribution in [-0.4, -0.2) is 52.2 Å². The minimum absolute atomic E-state index is 0.167. The standard InChI is InChI=1S/C26H26ClFN6O2/c27-21-14-20(6-7-23(21)36-16-17-4-3-5-19(28)12-17)31-25-24-18(15-30-33-25)13-22(32-24)26(35)29-8-11-34-9-1-2-10-34/h3-7,12-15,32H,1-2,8-11,16H2,(H,29,35)(H,31,33). The fourth-order valence-corrected chi connectivity index (χ4v) is 4.46. The summed E-state index contributed by atoms with van der Waals surface area (Å²) in [6.07, 6.45) is 4.05. The number of aromatic amines is 1. The van der Waals surface area contributed by atoms with Gasteiger partial charge in [0.25, 0.3) is 5.91 Å². The van der Waals surface area contributed by atoms with Gasteiger partial charge in [0.15, 0.2) is 5.82 Å². The summed E-state index contributed by atoms with van der Waals surface area (Å²) < 4.78 is 19.1. The molecule has 36 heavy (non-hydrogen) atoms. The van der Waals surface area contributed by atoms with Crippen molar-refractivity contribution in [3.63, 3.8) is 0 Å². The molecule has 5 rings (SSSR count). The molecule has 1 aliphatic heterocycles. The van der Waals surface area contributed by atoms with Gasteiger partial charge in [-0.15, -0.1) is 5.10 Å². The lowest BCUT2D eigenvalue weighted by atomic mass is 10.2. The third-order valence-electron chi connectivity index (χ3n) is 6.07. The molecule has 0 aliphatic carbocycles. The molecule has 1 fully saturated rings. The van der Waals surface area contributed by atoms with E-state index in [0.717, 1.165) is 25.0 Å². The number of ether oxygens (including phenoxy) is 1. The second-order valence-electron chi connectivity index (χ2n) is 8.70. The number of aromatic nitrogens is 3. The van der Waals surface area contributed by atoms with Crippen LogP contribution in [-0.2, 0) is 6.61 Å². The minimum atomic E-state index is -0.316. The fourth-order valence-electron chi connectivity index (χ4n) is 4.23. The Morgan fingerprint density at radius 2 is 2.03 bits per heavy atom. The Kier molecular flexibility index (Phi) is 7.29. The van der Waals surface area contributed by atoms with Gasteiger partial charge in [-0.1, -0.05) is 23.7 Å². The average Bonchev–Trinajstić information content (AvgIpc) is 3.54. The Morgan fingerprint density at radius 1 is 1.17 bits per heavy atom. The highest BCUT2D eigenvalue weighted by atomic mass is 35.5. The molecule has 0 atom stereocenters. The van der Waals surface area contributed by atoms with Crippen molar-refractivity contribution in [1.29, 1.82) is 0 Å². The number of carbonyl (C=O) groups is 1. The predicted octanol–water partition coefficient (Wildman–Crippen LogP) is 4.90. The smallest absolute Gasteiger partial charge is 0.267 e. The number of H-pyrrole nitrogens is 1. The van der Waals surface area contributed by atoms with Crippen LogP contribution in [0, 0.1) is 5.82 Å². The van der Waals surface area contributed by atoms with E-state index >= 15 is 0 Å². The summed E-state index contributed by atoms with van der Waals surface area (Å²) in [5.41, 5.74) is 2.49. The molecule has 3 heterocycles.